The lowest BCUT2D eigenvalue weighted by Gasteiger charge is -1.99. The minimum absolute atomic E-state index is 0.781. The summed E-state index contributed by atoms with van der Waals surface area (Å²) in [5.41, 5.74) is 6.89. The minimum atomic E-state index is 0.781. The van der Waals surface area contributed by atoms with Crippen LogP contribution in [0.15, 0.2) is 23.6 Å². The molecule has 1 aromatic heterocycles. The van der Waals surface area contributed by atoms with Gasteiger partial charge in [-0.25, -0.2) is 0 Å². The van der Waals surface area contributed by atoms with E-state index in [2.05, 4.69) is 17.5 Å². The summed E-state index contributed by atoms with van der Waals surface area (Å²) in [6.45, 7) is 0.781. The van der Waals surface area contributed by atoms with Crippen LogP contribution in [-0.4, -0.2) is 6.54 Å². The summed E-state index contributed by atoms with van der Waals surface area (Å²) < 4.78 is 1.32. The normalized spacial score (nSPS) is 11.1. The molecule has 15 heavy (non-hydrogen) atoms. The van der Waals surface area contributed by atoms with Crippen molar-refractivity contribution in [2.24, 2.45) is 5.73 Å². The van der Waals surface area contributed by atoms with Crippen LogP contribution in [0.2, 0.25) is 5.02 Å². The van der Waals surface area contributed by atoms with Gasteiger partial charge in [-0.2, -0.15) is 0 Å². The first-order valence-corrected chi connectivity index (χ1v) is 6.42. The van der Waals surface area contributed by atoms with Crippen LogP contribution in [0.25, 0.3) is 10.1 Å². The number of thiophene rings is 1. The average molecular weight is 240 g/mol. The summed E-state index contributed by atoms with van der Waals surface area (Å²) in [6, 6.07) is 6.10. The van der Waals surface area contributed by atoms with Crippen LogP contribution in [0.3, 0.4) is 0 Å². The fraction of sp³-hybridized carbons (Fsp3) is 0.333. The van der Waals surface area contributed by atoms with E-state index in [9.17, 15) is 0 Å². The van der Waals surface area contributed by atoms with E-state index < -0.39 is 0 Å². The van der Waals surface area contributed by atoms with Crippen LogP contribution in [0.1, 0.15) is 18.4 Å². The number of halogens is 1. The van der Waals surface area contributed by atoms with Gasteiger partial charge >= 0.3 is 0 Å². The third-order valence-corrected chi connectivity index (χ3v) is 3.76. The van der Waals surface area contributed by atoms with Crippen molar-refractivity contribution in [2.45, 2.75) is 19.3 Å². The molecule has 1 nitrogen and oxygen atoms in total. The highest BCUT2D eigenvalue weighted by Crippen LogP contribution is 2.29. The molecule has 0 saturated carbocycles. The Labute approximate surface area is 98.9 Å². The largest absolute Gasteiger partial charge is 0.330 e. The van der Waals surface area contributed by atoms with Gasteiger partial charge in [0.1, 0.15) is 0 Å². The van der Waals surface area contributed by atoms with Crippen LogP contribution in [0.4, 0.5) is 0 Å². The Morgan fingerprint density at radius 3 is 2.93 bits per heavy atom. The Hall–Kier alpha value is -0.570. The van der Waals surface area contributed by atoms with Crippen LogP contribution in [-0.2, 0) is 6.42 Å². The molecule has 0 radical (unpaired) electrons. The predicted molar refractivity (Wildman–Crippen MR) is 68.8 cm³/mol. The van der Waals surface area contributed by atoms with Crippen LogP contribution in [0.5, 0.6) is 0 Å². The van der Waals surface area contributed by atoms with E-state index in [-0.39, 0.29) is 0 Å². The van der Waals surface area contributed by atoms with E-state index in [1.54, 1.807) is 11.3 Å². The summed E-state index contributed by atoms with van der Waals surface area (Å²) >= 11 is 7.78. The molecule has 0 fully saturated rings. The number of rotatable bonds is 4. The molecule has 0 aliphatic heterocycles. The Bertz CT molecular complexity index is 450. The highest BCUT2D eigenvalue weighted by Gasteiger charge is 2.04. The molecular formula is C12H14ClNS. The maximum atomic E-state index is 5.99. The zero-order valence-electron chi connectivity index (χ0n) is 8.50. The second-order valence-electron chi connectivity index (χ2n) is 3.65. The van der Waals surface area contributed by atoms with Crippen LogP contribution < -0.4 is 5.73 Å². The molecule has 0 bridgehead atoms. The van der Waals surface area contributed by atoms with E-state index >= 15 is 0 Å². The molecule has 2 rings (SSSR count). The molecule has 1 aromatic carbocycles. The molecule has 2 N–H and O–H groups in total. The highest BCUT2D eigenvalue weighted by molar-refractivity contribution is 7.17. The number of hydrogen-bond donors (Lipinski definition) is 1. The maximum Gasteiger partial charge on any atom is 0.0413 e. The SMILES string of the molecule is NCCCCc1csc2ccc(Cl)cc12. The number of fused-ring (bicyclic) bond motifs is 1. The number of nitrogens with two attached hydrogens (primary N) is 1. The molecule has 0 saturated heterocycles. The van der Waals surface area contributed by atoms with Gasteiger partial charge in [0.2, 0.25) is 0 Å². The molecule has 0 amide bonds. The molecule has 0 spiro atoms. The Morgan fingerprint density at radius 2 is 2.13 bits per heavy atom. The van der Waals surface area contributed by atoms with Gasteiger partial charge in [0.25, 0.3) is 0 Å². The summed E-state index contributed by atoms with van der Waals surface area (Å²) in [5, 5.41) is 4.36. The van der Waals surface area contributed by atoms with Crippen LogP contribution >= 0.6 is 22.9 Å². The van der Waals surface area contributed by atoms with Crippen molar-refractivity contribution in [1.29, 1.82) is 0 Å². The van der Waals surface area contributed by atoms with Crippen molar-refractivity contribution in [2.75, 3.05) is 6.54 Å². The first kappa shape index (κ1) is 10.9. The summed E-state index contributed by atoms with van der Waals surface area (Å²) in [6.07, 6.45) is 3.37. The van der Waals surface area contributed by atoms with Crippen LogP contribution in [0, 0.1) is 0 Å². The Balaban J connectivity index is 2.23. The van der Waals surface area contributed by atoms with E-state index in [1.807, 2.05) is 6.07 Å². The van der Waals surface area contributed by atoms with Crippen molar-refractivity contribution in [3.8, 4) is 0 Å². The second-order valence-corrected chi connectivity index (χ2v) is 4.99. The van der Waals surface area contributed by atoms with E-state index in [1.165, 1.54) is 15.6 Å². The number of unbranched alkanes of at least 4 members (excludes halogenated alkanes) is 1. The monoisotopic (exact) mass is 239 g/mol. The topological polar surface area (TPSA) is 26.0 Å². The van der Waals surface area contributed by atoms with Crippen molar-refractivity contribution < 1.29 is 0 Å². The van der Waals surface area contributed by atoms with E-state index in [0.29, 0.717) is 0 Å². The second kappa shape index (κ2) is 4.97. The summed E-state index contributed by atoms with van der Waals surface area (Å²) in [5.74, 6) is 0. The lowest BCUT2D eigenvalue weighted by atomic mass is 10.1. The van der Waals surface area contributed by atoms with E-state index in [0.717, 1.165) is 30.8 Å². The fourth-order valence-corrected chi connectivity index (χ4v) is 2.86. The smallest absolute Gasteiger partial charge is 0.0413 e. The molecule has 0 aliphatic rings. The molecule has 0 aliphatic carbocycles. The molecule has 0 unspecified atom stereocenters. The molecule has 3 heteroatoms. The zero-order chi connectivity index (χ0) is 10.7. The zero-order valence-corrected chi connectivity index (χ0v) is 10.1. The highest BCUT2D eigenvalue weighted by atomic mass is 35.5. The van der Waals surface area contributed by atoms with Crippen molar-refractivity contribution >= 4 is 33.0 Å². The lowest BCUT2D eigenvalue weighted by molar-refractivity contribution is 0.748. The quantitative estimate of drug-likeness (QED) is 0.807. The molecule has 2 aromatic rings. The summed E-state index contributed by atoms with van der Waals surface area (Å²) in [7, 11) is 0. The third kappa shape index (κ3) is 2.51. The van der Waals surface area contributed by atoms with Crippen molar-refractivity contribution in [3.05, 3.63) is 34.2 Å². The molecular weight excluding hydrogens is 226 g/mol. The lowest BCUT2D eigenvalue weighted by Crippen LogP contribution is -1.98. The first-order valence-electron chi connectivity index (χ1n) is 5.17. The fourth-order valence-electron chi connectivity index (χ4n) is 1.71. The van der Waals surface area contributed by atoms with Gasteiger partial charge in [0.05, 0.1) is 0 Å². The Kier molecular flexibility index (Phi) is 3.62. The third-order valence-electron chi connectivity index (χ3n) is 2.52. The molecule has 0 atom stereocenters. The Morgan fingerprint density at radius 1 is 1.27 bits per heavy atom. The predicted octanol–water partition coefficient (Wildman–Crippen LogP) is 3.84. The van der Waals surface area contributed by atoms with E-state index in [4.69, 9.17) is 17.3 Å². The van der Waals surface area contributed by atoms with Gasteiger partial charge in [-0.1, -0.05) is 11.6 Å². The van der Waals surface area contributed by atoms with Crippen molar-refractivity contribution in [1.82, 2.24) is 0 Å². The van der Waals surface area contributed by atoms with Gasteiger partial charge < -0.3 is 5.73 Å². The van der Waals surface area contributed by atoms with Crippen molar-refractivity contribution in [3.63, 3.8) is 0 Å². The van der Waals surface area contributed by atoms with Gasteiger partial charge in [-0.15, -0.1) is 11.3 Å². The maximum absolute atomic E-state index is 5.99. The van der Waals surface area contributed by atoms with Gasteiger partial charge in [0.15, 0.2) is 0 Å². The molecule has 1 heterocycles. The first-order chi connectivity index (χ1) is 7.31. The minimum Gasteiger partial charge on any atom is -0.330 e. The standard InChI is InChI=1S/C12H14ClNS/c13-10-4-5-12-11(7-10)9(8-15-12)3-1-2-6-14/h4-5,7-8H,1-3,6,14H2. The number of benzene rings is 1. The molecule has 80 valence electrons. The van der Waals surface area contributed by atoms with Gasteiger partial charge in [0, 0.05) is 9.72 Å². The number of hydrogen-bond acceptors (Lipinski definition) is 2. The average Bonchev–Trinajstić information content (AvgIpc) is 2.62. The summed E-state index contributed by atoms with van der Waals surface area (Å²) in [4.78, 5) is 0. The number of aryl methyl sites for hydroxylation is 1. The van der Waals surface area contributed by atoms with Gasteiger partial charge in [-0.3, -0.25) is 0 Å². The van der Waals surface area contributed by atoms with Gasteiger partial charge in [-0.05, 0) is 60.3 Å².